The van der Waals surface area contributed by atoms with Gasteiger partial charge in [0.25, 0.3) is 0 Å². The van der Waals surface area contributed by atoms with Crippen molar-refractivity contribution in [2.75, 3.05) is 24.6 Å². The number of anilines is 1. The number of aliphatic hydroxyl groups is 1. The highest BCUT2D eigenvalue weighted by atomic mass is 16.6. The number of carboxylic acids is 1. The monoisotopic (exact) mass is 269 g/mol. The summed E-state index contributed by atoms with van der Waals surface area (Å²) in [5, 5.41) is 28.6. The van der Waals surface area contributed by atoms with Crippen molar-refractivity contribution in [2.45, 2.75) is 13.3 Å². The SMILES string of the molecule is CCN(CCCO)c1ncc(C(=O)O)cc1[N+](=O)[O-]. The molecular formula is C11H15N3O5. The minimum absolute atomic E-state index is 0.0303. The number of hydrogen-bond acceptors (Lipinski definition) is 6. The molecule has 0 aliphatic carbocycles. The third kappa shape index (κ3) is 3.62. The summed E-state index contributed by atoms with van der Waals surface area (Å²) in [6.07, 6.45) is 1.54. The molecule has 0 aromatic carbocycles. The summed E-state index contributed by atoms with van der Waals surface area (Å²) < 4.78 is 0. The molecule has 8 heteroatoms. The molecular weight excluding hydrogens is 254 g/mol. The highest BCUT2D eigenvalue weighted by molar-refractivity contribution is 5.88. The number of nitrogens with zero attached hydrogens (tertiary/aromatic N) is 3. The zero-order chi connectivity index (χ0) is 14.4. The second-order valence-electron chi connectivity index (χ2n) is 3.79. The average molecular weight is 269 g/mol. The molecule has 0 saturated carbocycles. The van der Waals surface area contributed by atoms with Gasteiger partial charge in [0.2, 0.25) is 5.82 Å². The van der Waals surface area contributed by atoms with E-state index in [9.17, 15) is 14.9 Å². The lowest BCUT2D eigenvalue weighted by Gasteiger charge is -2.21. The Hall–Kier alpha value is -2.22. The van der Waals surface area contributed by atoms with Gasteiger partial charge in [-0.05, 0) is 13.3 Å². The van der Waals surface area contributed by atoms with Gasteiger partial charge in [0.05, 0.1) is 10.5 Å². The lowest BCUT2D eigenvalue weighted by atomic mass is 10.2. The van der Waals surface area contributed by atoms with Crippen molar-refractivity contribution < 1.29 is 19.9 Å². The number of nitro groups is 1. The van der Waals surface area contributed by atoms with Crippen molar-refractivity contribution >= 4 is 17.5 Å². The summed E-state index contributed by atoms with van der Waals surface area (Å²) in [5.74, 6) is -1.15. The van der Waals surface area contributed by atoms with E-state index in [1.165, 1.54) is 0 Å². The standard InChI is InChI=1S/C11H15N3O5/c1-2-13(4-3-5-15)10-9(14(18)19)6-8(7-12-10)11(16)17/h6-7,15H,2-5H2,1H3,(H,16,17). The first-order chi connectivity index (χ1) is 9.01. The van der Waals surface area contributed by atoms with Crippen molar-refractivity contribution in [1.82, 2.24) is 4.98 Å². The molecule has 0 saturated heterocycles. The first-order valence-corrected chi connectivity index (χ1v) is 5.74. The predicted molar refractivity (Wildman–Crippen MR) is 67.4 cm³/mol. The van der Waals surface area contributed by atoms with E-state index in [1.807, 2.05) is 0 Å². The van der Waals surface area contributed by atoms with Gasteiger partial charge in [0.15, 0.2) is 0 Å². The molecule has 0 aliphatic heterocycles. The van der Waals surface area contributed by atoms with Gasteiger partial charge in [-0.15, -0.1) is 0 Å². The maximum atomic E-state index is 11.0. The highest BCUT2D eigenvalue weighted by Gasteiger charge is 2.22. The summed E-state index contributed by atoms with van der Waals surface area (Å²) in [6, 6.07) is 0.992. The molecule has 0 radical (unpaired) electrons. The van der Waals surface area contributed by atoms with Crippen LogP contribution in [0, 0.1) is 10.1 Å². The third-order valence-electron chi connectivity index (χ3n) is 2.56. The Labute approximate surface area is 109 Å². The van der Waals surface area contributed by atoms with Crippen LogP contribution >= 0.6 is 0 Å². The van der Waals surface area contributed by atoms with Crippen LogP contribution in [-0.2, 0) is 0 Å². The Morgan fingerprint density at radius 2 is 2.26 bits per heavy atom. The van der Waals surface area contributed by atoms with Crippen LogP contribution in [0.1, 0.15) is 23.7 Å². The second kappa shape index (κ2) is 6.64. The van der Waals surface area contributed by atoms with Gasteiger partial charge >= 0.3 is 11.7 Å². The molecule has 1 aromatic rings. The van der Waals surface area contributed by atoms with Crippen molar-refractivity contribution in [3.8, 4) is 0 Å². The van der Waals surface area contributed by atoms with Gasteiger partial charge in [0, 0.05) is 32.0 Å². The molecule has 0 atom stereocenters. The minimum atomic E-state index is -1.26. The molecule has 0 unspecified atom stereocenters. The fourth-order valence-electron chi connectivity index (χ4n) is 1.62. The van der Waals surface area contributed by atoms with E-state index >= 15 is 0 Å². The van der Waals surface area contributed by atoms with E-state index < -0.39 is 10.9 Å². The largest absolute Gasteiger partial charge is 0.478 e. The number of hydrogen-bond donors (Lipinski definition) is 2. The Kier molecular flexibility index (Phi) is 5.19. The van der Waals surface area contributed by atoms with Crippen LogP contribution in [0.15, 0.2) is 12.3 Å². The summed E-state index contributed by atoms with van der Waals surface area (Å²) in [4.78, 5) is 26.6. The van der Waals surface area contributed by atoms with Crippen molar-refractivity contribution in [2.24, 2.45) is 0 Å². The smallest absolute Gasteiger partial charge is 0.337 e. The molecule has 8 nitrogen and oxygen atoms in total. The van der Waals surface area contributed by atoms with E-state index in [4.69, 9.17) is 10.2 Å². The first-order valence-electron chi connectivity index (χ1n) is 5.74. The van der Waals surface area contributed by atoms with E-state index in [0.717, 1.165) is 12.3 Å². The Morgan fingerprint density at radius 3 is 2.74 bits per heavy atom. The maximum Gasteiger partial charge on any atom is 0.337 e. The molecule has 1 heterocycles. The number of pyridine rings is 1. The quantitative estimate of drug-likeness (QED) is 0.557. The molecule has 104 valence electrons. The Balaban J connectivity index is 3.17. The maximum absolute atomic E-state index is 11.0. The molecule has 0 amide bonds. The molecule has 0 spiro atoms. The van der Waals surface area contributed by atoms with Crippen LogP contribution < -0.4 is 4.90 Å². The molecule has 0 aliphatic rings. The van der Waals surface area contributed by atoms with Crippen LogP contribution in [0.2, 0.25) is 0 Å². The highest BCUT2D eigenvalue weighted by Crippen LogP contribution is 2.26. The normalized spacial score (nSPS) is 10.2. The molecule has 19 heavy (non-hydrogen) atoms. The van der Waals surface area contributed by atoms with Gasteiger partial charge in [-0.3, -0.25) is 10.1 Å². The van der Waals surface area contributed by atoms with Gasteiger partial charge in [-0.1, -0.05) is 0 Å². The Bertz CT molecular complexity index is 477. The van der Waals surface area contributed by atoms with Gasteiger partial charge < -0.3 is 15.1 Å². The van der Waals surface area contributed by atoms with Crippen LogP contribution in [0.25, 0.3) is 0 Å². The minimum Gasteiger partial charge on any atom is -0.478 e. The Morgan fingerprint density at radius 1 is 1.58 bits per heavy atom. The molecule has 2 N–H and O–H groups in total. The van der Waals surface area contributed by atoms with Crippen LogP contribution in [0.5, 0.6) is 0 Å². The van der Waals surface area contributed by atoms with Crippen molar-refractivity contribution in [3.05, 3.63) is 27.9 Å². The lowest BCUT2D eigenvalue weighted by Crippen LogP contribution is -2.26. The number of rotatable bonds is 7. The van der Waals surface area contributed by atoms with Crippen LogP contribution in [-0.4, -0.2) is 45.8 Å². The number of aliphatic hydroxyl groups excluding tert-OH is 1. The second-order valence-corrected chi connectivity index (χ2v) is 3.79. The average Bonchev–Trinajstić information content (AvgIpc) is 2.39. The summed E-state index contributed by atoms with van der Waals surface area (Å²) in [6.45, 7) is 2.65. The topological polar surface area (TPSA) is 117 Å². The van der Waals surface area contributed by atoms with Gasteiger partial charge in [0.1, 0.15) is 0 Å². The summed E-state index contributed by atoms with van der Waals surface area (Å²) >= 11 is 0. The fraction of sp³-hybridized carbons (Fsp3) is 0.455. The molecule has 0 bridgehead atoms. The first kappa shape index (κ1) is 14.8. The third-order valence-corrected chi connectivity index (χ3v) is 2.56. The van der Waals surface area contributed by atoms with Crippen molar-refractivity contribution in [1.29, 1.82) is 0 Å². The lowest BCUT2D eigenvalue weighted by molar-refractivity contribution is -0.384. The van der Waals surface area contributed by atoms with Gasteiger partial charge in [-0.2, -0.15) is 0 Å². The van der Waals surface area contributed by atoms with Crippen LogP contribution in [0.3, 0.4) is 0 Å². The van der Waals surface area contributed by atoms with Crippen molar-refractivity contribution in [3.63, 3.8) is 0 Å². The van der Waals surface area contributed by atoms with E-state index in [-0.39, 0.29) is 23.7 Å². The predicted octanol–water partition coefficient (Wildman–Crippen LogP) is 0.897. The van der Waals surface area contributed by atoms with E-state index in [0.29, 0.717) is 19.5 Å². The number of carbonyl (C=O) groups is 1. The zero-order valence-corrected chi connectivity index (χ0v) is 10.4. The van der Waals surface area contributed by atoms with E-state index in [1.54, 1.807) is 11.8 Å². The number of aromatic carboxylic acids is 1. The fourth-order valence-corrected chi connectivity index (χ4v) is 1.62. The molecule has 1 rings (SSSR count). The zero-order valence-electron chi connectivity index (χ0n) is 10.4. The molecule has 0 fully saturated rings. The summed E-state index contributed by atoms with van der Waals surface area (Å²) in [7, 11) is 0. The number of carboxylic acid groups (broad SMARTS) is 1. The van der Waals surface area contributed by atoms with E-state index in [2.05, 4.69) is 4.98 Å². The summed E-state index contributed by atoms with van der Waals surface area (Å²) in [5.41, 5.74) is -0.576. The number of aromatic nitrogens is 1. The van der Waals surface area contributed by atoms with Crippen LogP contribution in [0.4, 0.5) is 11.5 Å². The van der Waals surface area contributed by atoms with Gasteiger partial charge in [-0.25, -0.2) is 9.78 Å². The molecule has 1 aromatic heterocycles.